The van der Waals surface area contributed by atoms with Crippen molar-refractivity contribution in [3.63, 3.8) is 0 Å². The molecule has 0 atom stereocenters. The lowest BCUT2D eigenvalue weighted by atomic mass is 10.2. The Kier molecular flexibility index (Phi) is 3.79. The highest BCUT2D eigenvalue weighted by Gasteiger charge is 2.15. The molecule has 0 aromatic carbocycles. The average molecular weight is 274 g/mol. The van der Waals surface area contributed by atoms with Crippen molar-refractivity contribution >= 4 is 17.6 Å². The average Bonchev–Trinajstić information content (AvgIpc) is 2.80. The van der Waals surface area contributed by atoms with E-state index in [-0.39, 0.29) is 11.5 Å². The number of aromatic nitrogens is 3. The summed E-state index contributed by atoms with van der Waals surface area (Å²) in [7, 11) is 1.74. The maximum absolute atomic E-state index is 12.1. The van der Waals surface area contributed by atoms with Gasteiger partial charge in [-0.05, 0) is 12.5 Å². The molecule has 104 valence electrons. The van der Waals surface area contributed by atoms with E-state index in [4.69, 9.17) is 5.11 Å². The van der Waals surface area contributed by atoms with Crippen LogP contribution in [0.3, 0.4) is 0 Å². The summed E-state index contributed by atoms with van der Waals surface area (Å²) in [5.41, 5.74) is 1.51. The lowest BCUT2D eigenvalue weighted by molar-refractivity contribution is 0.0696. The topological polar surface area (TPSA) is 97.1 Å². The fourth-order valence-corrected chi connectivity index (χ4v) is 1.81. The van der Waals surface area contributed by atoms with Crippen molar-refractivity contribution in [1.29, 1.82) is 0 Å². The number of pyridine rings is 1. The zero-order chi connectivity index (χ0) is 14.7. The Morgan fingerprint density at radius 2 is 2.15 bits per heavy atom. The molecule has 0 aliphatic rings. The second-order valence-corrected chi connectivity index (χ2v) is 4.24. The number of nitrogens with zero attached hydrogens (tertiary/aromatic N) is 3. The monoisotopic (exact) mass is 274 g/mol. The third-order valence-corrected chi connectivity index (χ3v) is 2.73. The number of amides is 1. The zero-order valence-electron chi connectivity index (χ0n) is 11.1. The van der Waals surface area contributed by atoms with Gasteiger partial charge in [0.05, 0.1) is 28.7 Å². The van der Waals surface area contributed by atoms with E-state index in [0.29, 0.717) is 23.4 Å². The largest absolute Gasteiger partial charge is 0.478 e. The van der Waals surface area contributed by atoms with Gasteiger partial charge in [-0.3, -0.25) is 14.5 Å². The predicted molar refractivity (Wildman–Crippen MR) is 71.7 cm³/mol. The molecule has 20 heavy (non-hydrogen) atoms. The first-order valence-corrected chi connectivity index (χ1v) is 6.03. The maximum Gasteiger partial charge on any atom is 0.337 e. The SMILES string of the molecule is CCc1nn(C)cc1C(=O)Nc1cncc(C(=O)O)c1. The first-order chi connectivity index (χ1) is 9.51. The highest BCUT2D eigenvalue weighted by atomic mass is 16.4. The fraction of sp³-hybridized carbons (Fsp3) is 0.231. The summed E-state index contributed by atoms with van der Waals surface area (Å²) < 4.78 is 1.57. The van der Waals surface area contributed by atoms with E-state index in [0.717, 1.165) is 0 Å². The van der Waals surface area contributed by atoms with Crippen molar-refractivity contribution in [3.05, 3.63) is 41.5 Å². The summed E-state index contributed by atoms with van der Waals surface area (Å²) in [5, 5.41) is 15.7. The van der Waals surface area contributed by atoms with Gasteiger partial charge in [-0.2, -0.15) is 5.10 Å². The smallest absolute Gasteiger partial charge is 0.337 e. The first kappa shape index (κ1) is 13.7. The van der Waals surface area contributed by atoms with Crippen LogP contribution in [0.2, 0.25) is 0 Å². The number of nitrogens with one attached hydrogen (secondary N) is 1. The Hall–Kier alpha value is -2.70. The number of aromatic carboxylic acids is 1. The Bertz CT molecular complexity index is 663. The van der Waals surface area contributed by atoms with E-state index in [1.807, 2.05) is 6.92 Å². The van der Waals surface area contributed by atoms with Crippen LogP contribution in [0.1, 0.15) is 33.3 Å². The molecule has 2 aromatic heterocycles. The number of carbonyl (C=O) groups is 2. The van der Waals surface area contributed by atoms with Crippen LogP contribution < -0.4 is 5.32 Å². The minimum Gasteiger partial charge on any atom is -0.478 e. The minimum atomic E-state index is -1.09. The molecule has 2 rings (SSSR count). The van der Waals surface area contributed by atoms with Crippen molar-refractivity contribution in [3.8, 4) is 0 Å². The Morgan fingerprint density at radius 3 is 2.80 bits per heavy atom. The molecular weight excluding hydrogens is 260 g/mol. The number of carboxylic acid groups (broad SMARTS) is 1. The minimum absolute atomic E-state index is 0.0182. The van der Waals surface area contributed by atoms with E-state index < -0.39 is 5.97 Å². The molecule has 0 saturated heterocycles. The summed E-state index contributed by atoms with van der Waals surface area (Å²) in [6.07, 6.45) is 4.88. The maximum atomic E-state index is 12.1. The van der Waals surface area contributed by atoms with E-state index in [1.165, 1.54) is 18.5 Å². The van der Waals surface area contributed by atoms with Gasteiger partial charge >= 0.3 is 5.97 Å². The summed E-state index contributed by atoms with van der Waals surface area (Å²) in [4.78, 5) is 26.8. The van der Waals surface area contributed by atoms with Gasteiger partial charge in [0.2, 0.25) is 0 Å². The van der Waals surface area contributed by atoms with Crippen molar-refractivity contribution in [1.82, 2.24) is 14.8 Å². The quantitative estimate of drug-likeness (QED) is 0.876. The number of carboxylic acids is 1. The van der Waals surface area contributed by atoms with E-state index in [2.05, 4.69) is 15.4 Å². The van der Waals surface area contributed by atoms with Crippen LogP contribution >= 0.6 is 0 Å². The van der Waals surface area contributed by atoms with Crippen LogP contribution in [0.15, 0.2) is 24.7 Å². The van der Waals surface area contributed by atoms with Gasteiger partial charge in [-0.25, -0.2) is 4.79 Å². The fourth-order valence-electron chi connectivity index (χ4n) is 1.81. The van der Waals surface area contributed by atoms with Crippen molar-refractivity contribution < 1.29 is 14.7 Å². The second kappa shape index (κ2) is 5.52. The van der Waals surface area contributed by atoms with Crippen LogP contribution in [0.4, 0.5) is 5.69 Å². The molecular formula is C13H14N4O3. The molecule has 7 nitrogen and oxygen atoms in total. The summed E-state index contributed by atoms with van der Waals surface area (Å²) in [6, 6.07) is 1.36. The number of rotatable bonds is 4. The molecule has 2 N–H and O–H groups in total. The molecule has 7 heteroatoms. The summed E-state index contributed by atoms with van der Waals surface area (Å²) in [5.74, 6) is -1.43. The van der Waals surface area contributed by atoms with Crippen LogP contribution in [0.5, 0.6) is 0 Å². The van der Waals surface area contributed by atoms with E-state index in [1.54, 1.807) is 17.9 Å². The van der Waals surface area contributed by atoms with Crippen LogP contribution in [0, 0.1) is 0 Å². The molecule has 0 saturated carbocycles. The van der Waals surface area contributed by atoms with Gasteiger partial charge in [-0.15, -0.1) is 0 Å². The number of anilines is 1. The first-order valence-electron chi connectivity index (χ1n) is 6.03. The van der Waals surface area contributed by atoms with Crippen LogP contribution in [-0.2, 0) is 13.5 Å². The van der Waals surface area contributed by atoms with Crippen LogP contribution in [0.25, 0.3) is 0 Å². The molecule has 0 aliphatic carbocycles. The van der Waals surface area contributed by atoms with Crippen molar-refractivity contribution in [2.75, 3.05) is 5.32 Å². The standard InChI is InChI=1S/C13H14N4O3/c1-3-11-10(7-17(2)16-11)12(18)15-9-4-8(13(19)20)5-14-6-9/h4-7H,3H2,1-2H3,(H,15,18)(H,19,20). The van der Waals surface area contributed by atoms with Gasteiger partial charge < -0.3 is 10.4 Å². The van der Waals surface area contributed by atoms with Gasteiger partial charge in [0.25, 0.3) is 5.91 Å². The number of aryl methyl sites for hydroxylation is 2. The zero-order valence-corrected chi connectivity index (χ0v) is 11.1. The third-order valence-electron chi connectivity index (χ3n) is 2.73. The van der Waals surface area contributed by atoms with Crippen molar-refractivity contribution in [2.45, 2.75) is 13.3 Å². The van der Waals surface area contributed by atoms with Gasteiger partial charge in [0.1, 0.15) is 0 Å². The molecule has 0 fully saturated rings. The predicted octanol–water partition coefficient (Wildman–Crippen LogP) is 1.33. The van der Waals surface area contributed by atoms with Crippen molar-refractivity contribution in [2.24, 2.45) is 7.05 Å². The van der Waals surface area contributed by atoms with Gasteiger partial charge in [-0.1, -0.05) is 6.92 Å². The molecule has 0 aliphatic heterocycles. The number of hydrogen-bond acceptors (Lipinski definition) is 4. The Balaban J connectivity index is 2.23. The molecule has 0 radical (unpaired) electrons. The van der Waals surface area contributed by atoms with Gasteiger partial charge in [0.15, 0.2) is 0 Å². The Morgan fingerprint density at radius 1 is 1.40 bits per heavy atom. The highest BCUT2D eigenvalue weighted by molar-refractivity contribution is 6.05. The molecule has 0 spiro atoms. The van der Waals surface area contributed by atoms with E-state index >= 15 is 0 Å². The van der Waals surface area contributed by atoms with E-state index in [9.17, 15) is 9.59 Å². The lowest BCUT2D eigenvalue weighted by Crippen LogP contribution is -2.14. The molecule has 2 heterocycles. The van der Waals surface area contributed by atoms with Gasteiger partial charge in [0, 0.05) is 19.4 Å². The number of carbonyl (C=O) groups excluding carboxylic acids is 1. The normalized spacial score (nSPS) is 10.3. The summed E-state index contributed by atoms with van der Waals surface area (Å²) >= 11 is 0. The lowest BCUT2D eigenvalue weighted by Gasteiger charge is -2.05. The molecule has 0 bridgehead atoms. The number of hydrogen-bond donors (Lipinski definition) is 2. The summed E-state index contributed by atoms with van der Waals surface area (Å²) in [6.45, 7) is 1.91. The third kappa shape index (κ3) is 2.82. The molecule has 1 amide bonds. The molecule has 2 aromatic rings. The molecule has 0 unspecified atom stereocenters. The highest BCUT2D eigenvalue weighted by Crippen LogP contribution is 2.13. The van der Waals surface area contributed by atoms with Crippen LogP contribution in [-0.4, -0.2) is 31.7 Å². The second-order valence-electron chi connectivity index (χ2n) is 4.24. The Labute approximate surface area is 115 Å².